The maximum absolute atomic E-state index is 13.0. The molecule has 3 aromatic rings. The highest BCUT2D eigenvalue weighted by atomic mass is 79.9. The number of halogens is 2. The molecule has 2 aromatic carbocycles. The second-order valence-corrected chi connectivity index (χ2v) is 7.43. The van der Waals surface area contributed by atoms with Crippen LogP contribution in [0.4, 0.5) is 4.39 Å². The summed E-state index contributed by atoms with van der Waals surface area (Å²) >= 11 is 3.44. The van der Waals surface area contributed by atoms with E-state index >= 15 is 0 Å². The van der Waals surface area contributed by atoms with Gasteiger partial charge in [-0.15, -0.1) is 0 Å². The van der Waals surface area contributed by atoms with Crippen LogP contribution in [0.15, 0.2) is 57.5 Å². The van der Waals surface area contributed by atoms with E-state index in [2.05, 4.69) is 31.0 Å². The van der Waals surface area contributed by atoms with Gasteiger partial charge in [0.05, 0.1) is 12.1 Å². The summed E-state index contributed by atoms with van der Waals surface area (Å²) in [5.74, 6) is 0.673. The van der Waals surface area contributed by atoms with Gasteiger partial charge in [0.25, 0.3) is 11.8 Å². The Labute approximate surface area is 170 Å². The van der Waals surface area contributed by atoms with Crippen LogP contribution in [0.5, 0.6) is 0 Å². The van der Waals surface area contributed by atoms with Crippen molar-refractivity contribution >= 4 is 21.8 Å². The molecular weight excluding hydrogens is 427 g/mol. The first kappa shape index (κ1) is 18.8. The molecule has 0 aliphatic carbocycles. The molecule has 1 aliphatic heterocycles. The van der Waals surface area contributed by atoms with Gasteiger partial charge < -0.3 is 9.42 Å². The number of carbonyl (C=O) groups excluding carboxylic acids is 1. The van der Waals surface area contributed by atoms with Gasteiger partial charge in [-0.05, 0) is 52.3 Å². The molecule has 1 saturated heterocycles. The van der Waals surface area contributed by atoms with E-state index in [9.17, 15) is 9.18 Å². The van der Waals surface area contributed by atoms with Crippen LogP contribution in [0.1, 0.15) is 16.2 Å². The Morgan fingerprint density at radius 2 is 1.79 bits per heavy atom. The third kappa shape index (κ3) is 4.13. The lowest BCUT2D eigenvalue weighted by molar-refractivity contribution is 0.0623. The molecule has 6 nitrogen and oxygen atoms in total. The van der Waals surface area contributed by atoms with Crippen LogP contribution < -0.4 is 0 Å². The van der Waals surface area contributed by atoms with E-state index in [1.54, 1.807) is 12.1 Å². The molecule has 144 valence electrons. The Bertz CT molecular complexity index is 968. The van der Waals surface area contributed by atoms with Crippen molar-refractivity contribution in [3.8, 4) is 11.5 Å². The Kier molecular flexibility index (Phi) is 5.50. The van der Waals surface area contributed by atoms with Crippen LogP contribution in [-0.4, -0.2) is 52.0 Å². The zero-order valence-corrected chi connectivity index (χ0v) is 16.6. The van der Waals surface area contributed by atoms with E-state index in [0.717, 1.165) is 17.6 Å². The average molecular weight is 445 g/mol. The lowest BCUT2D eigenvalue weighted by Gasteiger charge is -2.34. The van der Waals surface area contributed by atoms with Crippen molar-refractivity contribution in [1.29, 1.82) is 0 Å². The number of amides is 1. The highest BCUT2D eigenvalue weighted by Crippen LogP contribution is 2.20. The molecule has 1 fully saturated rings. The van der Waals surface area contributed by atoms with Crippen molar-refractivity contribution in [3.63, 3.8) is 0 Å². The normalized spacial score (nSPS) is 15.0. The van der Waals surface area contributed by atoms with Crippen LogP contribution in [0.3, 0.4) is 0 Å². The second-order valence-electron chi connectivity index (χ2n) is 6.57. The Balaban J connectivity index is 1.34. The molecule has 2 heterocycles. The van der Waals surface area contributed by atoms with E-state index in [4.69, 9.17) is 4.52 Å². The van der Waals surface area contributed by atoms with Crippen molar-refractivity contribution in [2.24, 2.45) is 0 Å². The molecular formula is C20H18BrFN4O2. The molecule has 0 bridgehead atoms. The quantitative estimate of drug-likeness (QED) is 0.615. The highest BCUT2D eigenvalue weighted by Gasteiger charge is 2.24. The van der Waals surface area contributed by atoms with Crippen LogP contribution >= 0.6 is 15.9 Å². The van der Waals surface area contributed by atoms with Crippen LogP contribution in [0, 0.1) is 5.82 Å². The Morgan fingerprint density at radius 1 is 1.07 bits per heavy atom. The summed E-state index contributed by atoms with van der Waals surface area (Å²) in [4.78, 5) is 21.1. The molecule has 0 spiro atoms. The first-order valence-corrected chi connectivity index (χ1v) is 9.74. The minimum atomic E-state index is -0.307. The lowest BCUT2D eigenvalue weighted by atomic mass is 10.2. The van der Waals surface area contributed by atoms with Gasteiger partial charge in [0, 0.05) is 36.2 Å². The number of hydrogen-bond acceptors (Lipinski definition) is 5. The predicted molar refractivity (Wildman–Crippen MR) is 105 cm³/mol. The summed E-state index contributed by atoms with van der Waals surface area (Å²) < 4.78 is 19.1. The lowest BCUT2D eigenvalue weighted by Crippen LogP contribution is -2.48. The third-order valence-electron chi connectivity index (χ3n) is 4.69. The molecule has 0 N–H and O–H groups in total. The van der Waals surface area contributed by atoms with Crippen LogP contribution in [-0.2, 0) is 6.54 Å². The highest BCUT2D eigenvalue weighted by molar-refractivity contribution is 9.10. The fourth-order valence-corrected chi connectivity index (χ4v) is 3.60. The average Bonchev–Trinajstić information content (AvgIpc) is 3.17. The largest absolute Gasteiger partial charge is 0.336 e. The smallest absolute Gasteiger partial charge is 0.257 e. The fraction of sp³-hybridized carbons (Fsp3) is 0.250. The minimum absolute atomic E-state index is 0.0327. The number of nitrogens with zero attached hydrogens (tertiary/aromatic N) is 4. The number of benzene rings is 2. The molecule has 0 unspecified atom stereocenters. The summed E-state index contributed by atoms with van der Waals surface area (Å²) in [6.45, 7) is 3.29. The SMILES string of the molecule is O=C(c1ccccc1Br)N1CCN(Cc2noc(-c3ccc(F)cc3)n2)CC1. The molecule has 28 heavy (non-hydrogen) atoms. The zero-order valence-electron chi connectivity index (χ0n) is 15.0. The zero-order chi connectivity index (χ0) is 19.5. The minimum Gasteiger partial charge on any atom is -0.336 e. The van der Waals surface area contributed by atoms with Gasteiger partial charge in [0.1, 0.15) is 5.82 Å². The van der Waals surface area contributed by atoms with Gasteiger partial charge in [0.15, 0.2) is 5.82 Å². The van der Waals surface area contributed by atoms with Crippen molar-refractivity contribution in [3.05, 3.63) is 70.2 Å². The Hall–Kier alpha value is -2.58. The van der Waals surface area contributed by atoms with Crippen LogP contribution in [0.25, 0.3) is 11.5 Å². The maximum atomic E-state index is 13.0. The summed E-state index contributed by atoms with van der Waals surface area (Å²) in [5.41, 5.74) is 1.36. The summed E-state index contributed by atoms with van der Waals surface area (Å²) in [6.07, 6.45) is 0. The second kappa shape index (κ2) is 8.20. The first-order chi connectivity index (χ1) is 13.6. The summed E-state index contributed by atoms with van der Waals surface area (Å²) in [6, 6.07) is 13.4. The standard InChI is InChI=1S/C20H18BrFN4O2/c21-17-4-2-1-3-16(17)20(27)26-11-9-25(10-12-26)13-18-23-19(28-24-18)14-5-7-15(22)8-6-14/h1-8H,9-13H2. The summed E-state index contributed by atoms with van der Waals surface area (Å²) in [7, 11) is 0. The van der Waals surface area contributed by atoms with Gasteiger partial charge >= 0.3 is 0 Å². The predicted octanol–water partition coefficient (Wildman–Crippen LogP) is 3.60. The fourth-order valence-electron chi connectivity index (χ4n) is 3.14. The molecule has 1 amide bonds. The number of aromatic nitrogens is 2. The number of carbonyl (C=O) groups is 1. The van der Waals surface area contributed by atoms with Gasteiger partial charge in [-0.2, -0.15) is 4.98 Å². The van der Waals surface area contributed by atoms with E-state index in [0.29, 0.717) is 42.5 Å². The Morgan fingerprint density at radius 3 is 2.50 bits per heavy atom. The van der Waals surface area contributed by atoms with Crippen molar-refractivity contribution in [2.45, 2.75) is 6.54 Å². The van der Waals surface area contributed by atoms with Crippen molar-refractivity contribution in [2.75, 3.05) is 26.2 Å². The van der Waals surface area contributed by atoms with E-state index < -0.39 is 0 Å². The van der Waals surface area contributed by atoms with Crippen molar-refractivity contribution in [1.82, 2.24) is 19.9 Å². The monoisotopic (exact) mass is 444 g/mol. The number of hydrogen-bond donors (Lipinski definition) is 0. The summed E-state index contributed by atoms with van der Waals surface area (Å²) in [5, 5.41) is 4.01. The molecule has 4 rings (SSSR count). The van der Waals surface area contributed by atoms with E-state index in [1.165, 1.54) is 12.1 Å². The van der Waals surface area contributed by atoms with E-state index in [-0.39, 0.29) is 11.7 Å². The molecule has 0 saturated carbocycles. The first-order valence-electron chi connectivity index (χ1n) is 8.95. The topological polar surface area (TPSA) is 62.5 Å². The maximum Gasteiger partial charge on any atom is 0.257 e. The number of piperazine rings is 1. The van der Waals surface area contributed by atoms with E-state index in [1.807, 2.05) is 29.2 Å². The van der Waals surface area contributed by atoms with Gasteiger partial charge in [-0.25, -0.2) is 4.39 Å². The van der Waals surface area contributed by atoms with Gasteiger partial charge in [-0.1, -0.05) is 17.3 Å². The van der Waals surface area contributed by atoms with Gasteiger partial charge in [0.2, 0.25) is 0 Å². The molecule has 1 aliphatic rings. The number of rotatable bonds is 4. The molecule has 0 atom stereocenters. The van der Waals surface area contributed by atoms with Gasteiger partial charge in [-0.3, -0.25) is 9.69 Å². The molecule has 0 radical (unpaired) electrons. The van der Waals surface area contributed by atoms with Crippen LogP contribution in [0.2, 0.25) is 0 Å². The molecule has 8 heteroatoms. The molecule has 1 aromatic heterocycles. The third-order valence-corrected chi connectivity index (χ3v) is 5.38. The van der Waals surface area contributed by atoms with Crippen molar-refractivity contribution < 1.29 is 13.7 Å².